The number of sulfonamides is 1. The molecule has 2 amide bonds. The van der Waals surface area contributed by atoms with Crippen molar-refractivity contribution in [3.8, 4) is 0 Å². The summed E-state index contributed by atoms with van der Waals surface area (Å²) in [4.78, 5) is 28.9. The predicted octanol–water partition coefficient (Wildman–Crippen LogP) is 3.06. The number of benzene rings is 1. The van der Waals surface area contributed by atoms with E-state index in [9.17, 15) is 18.0 Å². The van der Waals surface area contributed by atoms with Gasteiger partial charge < -0.3 is 10.2 Å². The smallest absolute Gasteiger partial charge is 0.247 e. The van der Waals surface area contributed by atoms with Gasteiger partial charge in [-0.3, -0.25) is 9.59 Å². The van der Waals surface area contributed by atoms with Crippen LogP contribution in [0.15, 0.2) is 35.2 Å². The molecule has 4 rings (SSSR count). The zero-order valence-corrected chi connectivity index (χ0v) is 19.8. The van der Waals surface area contributed by atoms with E-state index < -0.39 is 15.6 Å². The molecule has 1 atom stereocenters. The summed E-state index contributed by atoms with van der Waals surface area (Å²) < 4.78 is 27.9. The first-order valence-corrected chi connectivity index (χ1v) is 13.4. The van der Waals surface area contributed by atoms with Crippen LogP contribution < -0.4 is 5.32 Å². The fraction of sp³-hybridized carbons (Fsp3) is 0.667. The minimum Gasteiger partial charge on any atom is -0.351 e. The van der Waals surface area contributed by atoms with E-state index in [0.29, 0.717) is 0 Å². The number of hydrogen-bond donors (Lipinski definition) is 1. The predicted molar refractivity (Wildman–Crippen MR) is 122 cm³/mol. The molecule has 1 aliphatic heterocycles. The number of carbonyl (C=O) groups is 2. The highest BCUT2D eigenvalue weighted by molar-refractivity contribution is 7.89. The highest BCUT2D eigenvalue weighted by Gasteiger charge is 2.53. The summed E-state index contributed by atoms with van der Waals surface area (Å²) in [6.45, 7) is 1.51. The Balaban J connectivity index is 1.64. The first-order valence-electron chi connectivity index (χ1n) is 12.0. The highest BCUT2D eigenvalue weighted by atomic mass is 32.2. The Morgan fingerprint density at radius 3 is 2.19 bits per heavy atom. The van der Waals surface area contributed by atoms with Crippen LogP contribution in [0.3, 0.4) is 0 Å². The van der Waals surface area contributed by atoms with Crippen molar-refractivity contribution >= 4 is 21.8 Å². The van der Waals surface area contributed by atoms with E-state index in [2.05, 4.69) is 5.32 Å². The fourth-order valence-corrected chi connectivity index (χ4v) is 7.11. The van der Waals surface area contributed by atoms with Crippen molar-refractivity contribution in [3.05, 3.63) is 30.3 Å². The lowest BCUT2D eigenvalue weighted by atomic mass is 9.92. The van der Waals surface area contributed by atoms with Crippen LogP contribution >= 0.6 is 0 Å². The monoisotopic (exact) mass is 461 g/mol. The number of piperazine rings is 1. The first kappa shape index (κ1) is 23.2. The van der Waals surface area contributed by atoms with Gasteiger partial charge in [0.15, 0.2) is 0 Å². The zero-order valence-electron chi connectivity index (χ0n) is 19.0. The lowest BCUT2D eigenvalue weighted by Gasteiger charge is -2.49. The number of carbonyl (C=O) groups excluding carboxylic acids is 2. The Labute approximate surface area is 191 Å². The maximum absolute atomic E-state index is 13.7. The van der Waals surface area contributed by atoms with Gasteiger partial charge in [-0.15, -0.1) is 0 Å². The van der Waals surface area contributed by atoms with E-state index >= 15 is 0 Å². The molecular weight excluding hydrogens is 426 g/mol. The number of amides is 2. The fourth-order valence-electron chi connectivity index (χ4n) is 5.60. The van der Waals surface area contributed by atoms with Gasteiger partial charge in [0, 0.05) is 18.6 Å². The Morgan fingerprint density at radius 1 is 0.969 bits per heavy atom. The molecule has 3 aliphatic rings. The third-order valence-corrected chi connectivity index (χ3v) is 9.15. The third-order valence-electron chi connectivity index (χ3n) is 7.35. The average Bonchev–Trinajstić information content (AvgIpc) is 3.17. The molecule has 0 aromatic heterocycles. The van der Waals surface area contributed by atoms with Gasteiger partial charge in [-0.05, 0) is 44.7 Å². The van der Waals surface area contributed by atoms with Crippen LogP contribution in [0.1, 0.15) is 71.1 Å². The van der Waals surface area contributed by atoms with Gasteiger partial charge in [0.2, 0.25) is 21.8 Å². The van der Waals surface area contributed by atoms with Crippen molar-refractivity contribution in [1.82, 2.24) is 14.5 Å². The normalized spacial score (nSPS) is 26.8. The van der Waals surface area contributed by atoms with Crippen LogP contribution in [-0.4, -0.2) is 60.1 Å². The van der Waals surface area contributed by atoms with Gasteiger partial charge in [0.05, 0.1) is 11.4 Å². The molecule has 1 aromatic carbocycles. The summed E-state index contributed by atoms with van der Waals surface area (Å²) in [6.07, 6.45) is 10.2. The molecule has 1 N–H and O–H groups in total. The molecule has 1 saturated heterocycles. The Morgan fingerprint density at radius 2 is 1.56 bits per heavy atom. The summed E-state index contributed by atoms with van der Waals surface area (Å²) in [5.41, 5.74) is -1.22. The molecular formula is C24H35N3O4S. The Hall–Kier alpha value is -1.93. The molecule has 0 spiro atoms. The molecule has 32 heavy (non-hydrogen) atoms. The molecule has 1 heterocycles. The third kappa shape index (κ3) is 4.57. The largest absolute Gasteiger partial charge is 0.351 e. The summed E-state index contributed by atoms with van der Waals surface area (Å²) in [6, 6.07) is 8.24. The van der Waals surface area contributed by atoms with Crippen molar-refractivity contribution in [1.29, 1.82) is 0 Å². The quantitative estimate of drug-likeness (QED) is 0.683. The summed E-state index contributed by atoms with van der Waals surface area (Å²) >= 11 is 0. The second-order valence-corrected chi connectivity index (χ2v) is 11.7. The molecule has 3 fully saturated rings. The van der Waals surface area contributed by atoms with Crippen LogP contribution in [0.2, 0.25) is 0 Å². The van der Waals surface area contributed by atoms with E-state index in [-0.39, 0.29) is 41.9 Å². The molecule has 8 heteroatoms. The highest BCUT2D eigenvalue weighted by Crippen LogP contribution is 2.35. The molecule has 176 valence electrons. The van der Waals surface area contributed by atoms with E-state index in [4.69, 9.17) is 0 Å². The van der Waals surface area contributed by atoms with Crippen molar-refractivity contribution in [2.24, 2.45) is 0 Å². The topological polar surface area (TPSA) is 86.8 Å². The summed E-state index contributed by atoms with van der Waals surface area (Å²) in [5, 5.41) is 3.20. The zero-order chi connectivity index (χ0) is 22.8. The second kappa shape index (κ2) is 9.51. The van der Waals surface area contributed by atoms with Crippen molar-refractivity contribution in [3.63, 3.8) is 0 Å². The van der Waals surface area contributed by atoms with Crippen molar-refractivity contribution in [2.45, 2.75) is 93.7 Å². The van der Waals surface area contributed by atoms with Gasteiger partial charge in [-0.2, -0.15) is 4.31 Å². The molecule has 7 nitrogen and oxygen atoms in total. The number of nitrogens with one attached hydrogen (secondary N) is 1. The van der Waals surface area contributed by atoms with E-state index in [1.807, 2.05) is 0 Å². The van der Waals surface area contributed by atoms with E-state index in [1.54, 1.807) is 30.0 Å². The average molecular weight is 462 g/mol. The van der Waals surface area contributed by atoms with Gasteiger partial charge in [-0.1, -0.05) is 56.7 Å². The van der Waals surface area contributed by atoms with Gasteiger partial charge in [-0.25, -0.2) is 8.42 Å². The second-order valence-electron chi connectivity index (χ2n) is 9.72. The van der Waals surface area contributed by atoms with E-state index in [0.717, 1.165) is 51.4 Å². The molecule has 0 bridgehead atoms. The van der Waals surface area contributed by atoms with Crippen molar-refractivity contribution < 1.29 is 18.0 Å². The van der Waals surface area contributed by atoms with Crippen LogP contribution in [-0.2, 0) is 19.6 Å². The standard InChI is InChI=1S/C24H35N3O4S/c1-24(23(29)25-19-11-5-2-3-6-12-19)18-26(32(30,31)21-15-7-4-8-16-21)17-22(28)27(24)20-13-9-10-14-20/h4,7-8,15-16,19-20H,2-3,5-6,9-14,17-18H2,1H3,(H,25,29). The van der Waals surface area contributed by atoms with Crippen LogP contribution in [0.25, 0.3) is 0 Å². The molecule has 1 unspecified atom stereocenters. The van der Waals surface area contributed by atoms with Gasteiger partial charge >= 0.3 is 0 Å². The number of rotatable bonds is 5. The molecule has 0 radical (unpaired) electrons. The molecule has 1 aromatic rings. The molecule has 2 saturated carbocycles. The minimum atomic E-state index is -3.88. The van der Waals surface area contributed by atoms with Crippen LogP contribution in [0, 0.1) is 0 Å². The van der Waals surface area contributed by atoms with Crippen molar-refractivity contribution in [2.75, 3.05) is 13.1 Å². The van der Waals surface area contributed by atoms with Gasteiger partial charge in [0.25, 0.3) is 0 Å². The number of nitrogens with zero attached hydrogens (tertiary/aromatic N) is 2. The van der Waals surface area contributed by atoms with Gasteiger partial charge in [0.1, 0.15) is 5.54 Å². The number of hydrogen-bond acceptors (Lipinski definition) is 4. The summed E-state index contributed by atoms with van der Waals surface area (Å²) in [7, 11) is -3.88. The lowest BCUT2D eigenvalue weighted by molar-refractivity contribution is -0.156. The minimum absolute atomic E-state index is 0.00559. The maximum atomic E-state index is 13.7. The summed E-state index contributed by atoms with van der Waals surface area (Å²) in [5.74, 6) is -0.501. The van der Waals surface area contributed by atoms with E-state index in [1.165, 1.54) is 29.3 Å². The SMILES string of the molecule is CC1(C(=O)NC2CCCCCC2)CN(S(=O)(=O)c2ccccc2)CC(=O)N1C1CCCC1. The molecule has 2 aliphatic carbocycles. The van der Waals surface area contributed by atoms with Crippen LogP contribution in [0.4, 0.5) is 0 Å². The van der Waals surface area contributed by atoms with Crippen LogP contribution in [0.5, 0.6) is 0 Å². The Kier molecular flexibility index (Phi) is 6.91. The lowest BCUT2D eigenvalue weighted by Crippen LogP contribution is -2.72. The Bertz CT molecular complexity index is 922. The first-order chi connectivity index (χ1) is 15.3. The maximum Gasteiger partial charge on any atom is 0.247 e.